The number of hydrogen-bond donors (Lipinski definition) is 2. The zero-order valence-corrected chi connectivity index (χ0v) is 12.5. The molecule has 2 rings (SSSR count). The lowest BCUT2D eigenvalue weighted by atomic mass is 10.3. The number of thiazole rings is 1. The Hall–Kier alpha value is -1.73. The zero-order valence-electron chi connectivity index (χ0n) is 11.7. The summed E-state index contributed by atoms with van der Waals surface area (Å²) in [5, 5.41) is 13.0. The maximum Gasteiger partial charge on any atom is 0.347 e. The summed E-state index contributed by atoms with van der Waals surface area (Å²) in [6.07, 6.45) is 5.06. The second-order valence-corrected chi connectivity index (χ2v) is 5.92. The van der Waals surface area contributed by atoms with E-state index < -0.39 is 5.97 Å². The van der Waals surface area contributed by atoms with Crippen LogP contribution in [-0.2, 0) is 6.54 Å². The highest BCUT2D eigenvalue weighted by Crippen LogP contribution is 2.20. The molecular formula is C13H18N4O2S. The Bertz CT molecular complexity index is 591. The van der Waals surface area contributed by atoms with Gasteiger partial charge in [-0.05, 0) is 20.8 Å². The van der Waals surface area contributed by atoms with Crippen LogP contribution in [0.4, 0.5) is 0 Å². The Kier molecular flexibility index (Phi) is 4.51. The van der Waals surface area contributed by atoms with Crippen molar-refractivity contribution in [3.05, 3.63) is 34.3 Å². The Morgan fingerprint density at radius 1 is 1.45 bits per heavy atom. The number of carbonyl (C=O) groups is 1. The third-order valence-corrected chi connectivity index (χ3v) is 4.16. The summed E-state index contributed by atoms with van der Waals surface area (Å²) in [5.41, 5.74) is 1.10. The van der Waals surface area contributed by atoms with E-state index in [1.54, 1.807) is 0 Å². The average molecular weight is 294 g/mol. The molecular weight excluding hydrogens is 276 g/mol. The lowest BCUT2D eigenvalue weighted by Crippen LogP contribution is -2.20. The number of aromatic carboxylic acids is 1. The van der Waals surface area contributed by atoms with E-state index >= 15 is 0 Å². The predicted octanol–water partition coefficient (Wildman–Crippen LogP) is 2.47. The third kappa shape index (κ3) is 3.23. The molecule has 7 heteroatoms. The number of rotatable bonds is 6. The van der Waals surface area contributed by atoms with Gasteiger partial charge in [-0.25, -0.2) is 14.8 Å². The number of carboxylic acids is 1. The van der Waals surface area contributed by atoms with Crippen molar-refractivity contribution < 1.29 is 9.90 Å². The topological polar surface area (TPSA) is 80.0 Å². The van der Waals surface area contributed by atoms with Crippen molar-refractivity contribution in [3.63, 3.8) is 0 Å². The fourth-order valence-electron chi connectivity index (χ4n) is 1.87. The fraction of sp³-hybridized carbons (Fsp3) is 0.462. The maximum absolute atomic E-state index is 10.8. The quantitative estimate of drug-likeness (QED) is 0.855. The molecule has 0 saturated carbocycles. The molecule has 6 nitrogen and oxygen atoms in total. The van der Waals surface area contributed by atoms with Crippen molar-refractivity contribution in [2.24, 2.45) is 0 Å². The molecule has 2 aromatic heterocycles. The molecule has 20 heavy (non-hydrogen) atoms. The van der Waals surface area contributed by atoms with Crippen molar-refractivity contribution in [1.82, 2.24) is 19.9 Å². The zero-order chi connectivity index (χ0) is 14.7. The summed E-state index contributed by atoms with van der Waals surface area (Å²) in [6.45, 7) is 6.85. The molecule has 0 bridgehead atoms. The van der Waals surface area contributed by atoms with Gasteiger partial charge in [-0.3, -0.25) is 0 Å². The van der Waals surface area contributed by atoms with E-state index in [-0.39, 0.29) is 10.9 Å². The van der Waals surface area contributed by atoms with Crippen LogP contribution in [0.3, 0.4) is 0 Å². The second kappa shape index (κ2) is 6.15. The predicted molar refractivity (Wildman–Crippen MR) is 76.9 cm³/mol. The van der Waals surface area contributed by atoms with Gasteiger partial charge < -0.3 is 15.0 Å². The molecule has 2 aromatic rings. The minimum Gasteiger partial charge on any atom is -0.477 e. The molecule has 0 spiro atoms. The monoisotopic (exact) mass is 294 g/mol. The van der Waals surface area contributed by atoms with E-state index in [1.165, 1.54) is 17.5 Å². The highest BCUT2D eigenvalue weighted by atomic mass is 32.1. The van der Waals surface area contributed by atoms with Gasteiger partial charge >= 0.3 is 5.97 Å². The number of aromatic nitrogens is 3. The largest absolute Gasteiger partial charge is 0.477 e. The molecule has 0 saturated heterocycles. The molecule has 1 atom stereocenters. The second-order valence-electron chi connectivity index (χ2n) is 4.86. The van der Waals surface area contributed by atoms with Gasteiger partial charge in [0.05, 0.1) is 24.3 Å². The molecule has 0 radical (unpaired) electrons. The van der Waals surface area contributed by atoms with E-state index in [0.717, 1.165) is 10.7 Å². The van der Waals surface area contributed by atoms with Crippen LogP contribution in [0, 0.1) is 0 Å². The summed E-state index contributed by atoms with van der Waals surface area (Å²) >= 11 is 1.20. The average Bonchev–Trinajstić information content (AvgIpc) is 3.04. The summed E-state index contributed by atoms with van der Waals surface area (Å²) in [4.78, 5) is 19.4. The van der Waals surface area contributed by atoms with E-state index in [1.807, 2.05) is 19.4 Å². The van der Waals surface area contributed by atoms with Crippen LogP contribution in [0.25, 0.3) is 0 Å². The first-order valence-corrected chi connectivity index (χ1v) is 7.23. The summed E-state index contributed by atoms with van der Waals surface area (Å²) in [6, 6.07) is 0.367. The number of nitrogens with one attached hydrogen (secondary N) is 1. The molecule has 0 aromatic carbocycles. The van der Waals surface area contributed by atoms with Crippen molar-refractivity contribution in [1.29, 1.82) is 0 Å². The van der Waals surface area contributed by atoms with Gasteiger partial charge in [0.2, 0.25) is 0 Å². The standard InChI is InChI=1S/C13H18N4O2S/c1-8(2)17-7-14-4-10(17)5-15-9(3)12-16-6-11(20-12)13(18)19/h4,6-9,15H,5H2,1-3H3,(H,18,19). The van der Waals surface area contributed by atoms with Crippen molar-refractivity contribution >= 4 is 17.3 Å². The first kappa shape index (κ1) is 14.7. The Labute approximate surface area is 121 Å². The molecule has 0 amide bonds. The number of imidazole rings is 1. The minimum absolute atomic E-state index is 0.00334. The molecule has 108 valence electrons. The van der Waals surface area contributed by atoms with Crippen LogP contribution in [0.15, 0.2) is 18.7 Å². The van der Waals surface area contributed by atoms with Gasteiger partial charge in [-0.2, -0.15) is 0 Å². The first-order valence-electron chi connectivity index (χ1n) is 6.42. The van der Waals surface area contributed by atoms with Crippen molar-refractivity contribution in [2.75, 3.05) is 0 Å². The van der Waals surface area contributed by atoms with Gasteiger partial charge in [0.15, 0.2) is 0 Å². The van der Waals surface area contributed by atoms with Gasteiger partial charge in [-0.1, -0.05) is 0 Å². The lowest BCUT2D eigenvalue weighted by Gasteiger charge is -2.14. The maximum atomic E-state index is 10.8. The third-order valence-electron chi connectivity index (χ3n) is 3.00. The molecule has 0 aliphatic carbocycles. The molecule has 0 aliphatic rings. The van der Waals surface area contributed by atoms with E-state index in [9.17, 15) is 4.79 Å². The van der Waals surface area contributed by atoms with Gasteiger partial charge in [0, 0.05) is 18.8 Å². The van der Waals surface area contributed by atoms with Gasteiger partial charge in [0.25, 0.3) is 0 Å². The van der Waals surface area contributed by atoms with Crippen LogP contribution < -0.4 is 5.32 Å². The number of hydrogen-bond acceptors (Lipinski definition) is 5. The van der Waals surface area contributed by atoms with Crippen molar-refractivity contribution in [3.8, 4) is 0 Å². The fourth-order valence-corrected chi connectivity index (χ4v) is 2.65. The van der Waals surface area contributed by atoms with E-state index in [4.69, 9.17) is 5.11 Å². The molecule has 0 aliphatic heterocycles. The molecule has 1 unspecified atom stereocenters. The summed E-state index contributed by atoms with van der Waals surface area (Å²) in [7, 11) is 0. The highest BCUT2D eigenvalue weighted by Gasteiger charge is 2.14. The Morgan fingerprint density at radius 3 is 2.80 bits per heavy atom. The van der Waals surface area contributed by atoms with Gasteiger partial charge in [-0.15, -0.1) is 11.3 Å². The normalized spacial score (nSPS) is 12.8. The van der Waals surface area contributed by atoms with E-state index in [2.05, 4.69) is 33.7 Å². The molecule has 0 fully saturated rings. The first-order chi connectivity index (χ1) is 9.49. The van der Waals surface area contributed by atoms with Crippen LogP contribution in [0.1, 0.15) is 53.2 Å². The summed E-state index contributed by atoms with van der Waals surface area (Å²) < 4.78 is 2.10. The Balaban J connectivity index is 1.99. The SMILES string of the molecule is CC(NCc1cncn1C(C)C)c1ncc(C(=O)O)s1. The molecule has 2 heterocycles. The number of nitrogens with zero attached hydrogens (tertiary/aromatic N) is 3. The van der Waals surface area contributed by atoms with Crippen LogP contribution >= 0.6 is 11.3 Å². The van der Waals surface area contributed by atoms with Gasteiger partial charge in [0.1, 0.15) is 9.88 Å². The van der Waals surface area contributed by atoms with Crippen molar-refractivity contribution in [2.45, 2.75) is 39.4 Å². The summed E-state index contributed by atoms with van der Waals surface area (Å²) in [5.74, 6) is -0.932. The van der Waals surface area contributed by atoms with Crippen LogP contribution in [0.2, 0.25) is 0 Å². The molecule has 2 N–H and O–H groups in total. The highest BCUT2D eigenvalue weighted by molar-refractivity contribution is 7.13. The lowest BCUT2D eigenvalue weighted by molar-refractivity contribution is 0.0702. The number of carboxylic acid groups (broad SMARTS) is 1. The van der Waals surface area contributed by atoms with E-state index in [0.29, 0.717) is 12.6 Å². The Morgan fingerprint density at radius 2 is 2.20 bits per heavy atom. The smallest absolute Gasteiger partial charge is 0.347 e. The van der Waals surface area contributed by atoms with Crippen LogP contribution in [-0.4, -0.2) is 25.6 Å². The van der Waals surface area contributed by atoms with Crippen LogP contribution in [0.5, 0.6) is 0 Å². The minimum atomic E-state index is -0.932.